The van der Waals surface area contributed by atoms with Crippen LogP contribution in [0.3, 0.4) is 0 Å². The summed E-state index contributed by atoms with van der Waals surface area (Å²) in [5.74, 6) is 1.21. The molecule has 0 saturated heterocycles. The fraction of sp³-hybridized carbons (Fsp3) is 0.375. The van der Waals surface area contributed by atoms with E-state index in [2.05, 4.69) is 40.0 Å². The van der Waals surface area contributed by atoms with Gasteiger partial charge < -0.3 is 20.4 Å². The van der Waals surface area contributed by atoms with Gasteiger partial charge in [-0.25, -0.2) is 4.99 Å². The van der Waals surface area contributed by atoms with Gasteiger partial charge >= 0.3 is 0 Å². The number of halogens is 1. The van der Waals surface area contributed by atoms with Crippen molar-refractivity contribution in [2.75, 3.05) is 13.1 Å². The van der Waals surface area contributed by atoms with Crippen molar-refractivity contribution in [2.45, 2.75) is 26.9 Å². The number of nitrogens with zero attached hydrogens (tertiary/aromatic N) is 1. The number of hydrogen-bond donors (Lipinski definition) is 3. The molecule has 2 rings (SSSR count). The number of nitrogens with one attached hydrogen (secondary N) is 3. The normalized spacial score (nSPS) is 10.8. The van der Waals surface area contributed by atoms with E-state index in [0.717, 1.165) is 12.3 Å². The largest absolute Gasteiger partial charge is 0.467 e. The Labute approximate surface area is 163 Å². The van der Waals surface area contributed by atoms with Crippen LogP contribution >= 0.6 is 35.3 Å². The molecular weight excluding hydrogens is 439 g/mol. The molecule has 2 aromatic rings. The first-order valence-corrected chi connectivity index (χ1v) is 8.35. The Bertz CT molecular complexity index is 640. The van der Waals surface area contributed by atoms with Crippen molar-refractivity contribution in [3.8, 4) is 0 Å². The van der Waals surface area contributed by atoms with E-state index < -0.39 is 0 Å². The second kappa shape index (κ2) is 11.1. The number of hydrogen-bond acceptors (Lipinski definition) is 4. The highest BCUT2D eigenvalue weighted by Gasteiger charge is 2.04. The van der Waals surface area contributed by atoms with Gasteiger partial charge in [-0.05, 0) is 38.1 Å². The molecule has 0 aliphatic rings. The molecule has 0 aliphatic heterocycles. The van der Waals surface area contributed by atoms with Crippen molar-refractivity contribution < 1.29 is 9.21 Å². The SMILES string of the molecule is CCNC(=NCC(=O)NCc1ccco1)NCc1ccc(C)s1.I. The van der Waals surface area contributed by atoms with Crippen molar-refractivity contribution in [3.63, 3.8) is 0 Å². The third-order valence-electron chi connectivity index (χ3n) is 2.99. The van der Waals surface area contributed by atoms with Crippen LogP contribution in [0.2, 0.25) is 0 Å². The average Bonchev–Trinajstić information content (AvgIpc) is 3.19. The Kier molecular flexibility index (Phi) is 9.46. The van der Waals surface area contributed by atoms with Crippen LogP contribution in [0.15, 0.2) is 39.9 Å². The van der Waals surface area contributed by atoms with Crippen LogP contribution in [0.4, 0.5) is 0 Å². The lowest BCUT2D eigenvalue weighted by atomic mass is 10.4. The van der Waals surface area contributed by atoms with Crippen molar-refractivity contribution in [1.82, 2.24) is 16.0 Å². The molecule has 0 fully saturated rings. The van der Waals surface area contributed by atoms with Crippen molar-refractivity contribution in [3.05, 3.63) is 46.0 Å². The van der Waals surface area contributed by atoms with Gasteiger partial charge in [0.15, 0.2) is 5.96 Å². The Balaban J connectivity index is 0.00000288. The molecule has 24 heavy (non-hydrogen) atoms. The van der Waals surface area contributed by atoms with Gasteiger partial charge in [0.25, 0.3) is 0 Å². The first-order chi connectivity index (χ1) is 11.2. The molecule has 0 aliphatic carbocycles. The molecule has 2 heterocycles. The number of aliphatic imine (C=N–C) groups is 1. The number of carbonyl (C=O) groups excluding carboxylic acids is 1. The van der Waals surface area contributed by atoms with E-state index in [1.807, 2.05) is 13.0 Å². The minimum atomic E-state index is -0.148. The maximum Gasteiger partial charge on any atom is 0.242 e. The van der Waals surface area contributed by atoms with Crippen LogP contribution in [0.5, 0.6) is 0 Å². The first-order valence-electron chi connectivity index (χ1n) is 7.54. The summed E-state index contributed by atoms with van der Waals surface area (Å²) in [4.78, 5) is 18.6. The number of thiophene rings is 1. The van der Waals surface area contributed by atoms with E-state index in [4.69, 9.17) is 4.42 Å². The topological polar surface area (TPSA) is 78.7 Å². The predicted molar refractivity (Wildman–Crippen MR) is 108 cm³/mol. The second-order valence-electron chi connectivity index (χ2n) is 4.92. The number of guanidine groups is 1. The lowest BCUT2D eigenvalue weighted by molar-refractivity contribution is -0.119. The molecule has 0 atom stereocenters. The molecule has 132 valence electrons. The quantitative estimate of drug-likeness (QED) is 0.336. The molecule has 0 bridgehead atoms. The third kappa shape index (κ3) is 7.35. The van der Waals surface area contributed by atoms with Gasteiger partial charge in [0.1, 0.15) is 12.3 Å². The zero-order valence-electron chi connectivity index (χ0n) is 13.8. The summed E-state index contributed by atoms with van der Waals surface area (Å²) in [5, 5.41) is 9.12. The monoisotopic (exact) mass is 462 g/mol. The van der Waals surface area contributed by atoms with Crippen LogP contribution < -0.4 is 16.0 Å². The Morgan fingerprint density at radius 3 is 2.67 bits per heavy atom. The summed E-state index contributed by atoms with van der Waals surface area (Å²) in [7, 11) is 0. The molecule has 8 heteroatoms. The Morgan fingerprint density at radius 1 is 1.21 bits per heavy atom. The van der Waals surface area contributed by atoms with E-state index in [1.54, 1.807) is 23.7 Å². The number of furan rings is 1. The predicted octanol–water partition coefficient (Wildman–Crippen LogP) is 2.64. The van der Waals surface area contributed by atoms with Gasteiger partial charge in [-0.1, -0.05) is 0 Å². The number of amides is 1. The second-order valence-corrected chi connectivity index (χ2v) is 6.29. The summed E-state index contributed by atoms with van der Waals surface area (Å²) < 4.78 is 5.16. The van der Waals surface area contributed by atoms with Crippen molar-refractivity contribution in [2.24, 2.45) is 4.99 Å². The number of carbonyl (C=O) groups is 1. The molecule has 0 aromatic carbocycles. The van der Waals surface area contributed by atoms with Gasteiger partial charge in [0.05, 0.1) is 19.4 Å². The highest BCUT2D eigenvalue weighted by molar-refractivity contribution is 14.0. The highest BCUT2D eigenvalue weighted by atomic mass is 127. The van der Waals surface area contributed by atoms with Crippen LogP contribution in [-0.4, -0.2) is 25.0 Å². The van der Waals surface area contributed by atoms with Gasteiger partial charge in [-0.2, -0.15) is 0 Å². The smallest absolute Gasteiger partial charge is 0.242 e. The van der Waals surface area contributed by atoms with Gasteiger partial charge in [0.2, 0.25) is 5.91 Å². The summed E-state index contributed by atoms with van der Waals surface area (Å²) >= 11 is 1.74. The van der Waals surface area contributed by atoms with E-state index in [0.29, 0.717) is 19.0 Å². The van der Waals surface area contributed by atoms with Crippen LogP contribution in [0.25, 0.3) is 0 Å². The van der Waals surface area contributed by atoms with Crippen LogP contribution in [0.1, 0.15) is 22.4 Å². The fourth-order valence-electron chi connectivity index (χ4n) is 1.90. The molecule has 0 saturated carbocycles. The van der Waals surface area contributed by atoms with Crippen LogP contribution in [-0.2, 0) is 17.9 Å². The lowest BCUT2D eigenvalue weighted by Gasteiger charge is -2.10. The van der Waals surface area contributed by atoms with Crippen molar-refractivity contribution >= 4 is 47.2 Å². The zero-order chi connectivity index (χ0) is 16.5. The lowest BCUT2D eigenvalue weighted by Crippen LogP contribution is -2.37. The summed E-state index contributed by atoms with van der Waals surface area (Å²) in [5.41, 5.74) is 0. The summed E-state index contributed by atoms with van der Waals surface area (Å²) in [6.07, 6.45) is 1.58. The van der Waals surface area contributed by atoms with E-state index in [-0.39, 0.29) is 36.4 Å². The maximum atomic E-state index is 11.8. The Morgan fingerprint density at radius 2 is 2.04 bits per heavy atom. The van der Waals surface area contributed by atoms with Gasteiger partial charge in [-0.3, -0.25) is 4.79 Å². The molecular formula is C16H23IN4O2S. The van der Waals surface area contributed by atoms with E-state index in [9.17, 15) is 4.79 Å². The van der Waals surface area contributed by atoms with E-state index in [1.165, 1.54) is 9.75 Å². The van der Waals surface area contributed by atoms with E-state index >= 15 is 0 Å². The standard InChI is InChI=1S/C16H22N4O2S.HI/c1-3-17-16(19-10-14-7-6-12(2)23-14)20-11-15(21)18-9-13-5-4-8-22-13;/h4-8H,3,9-11H2,1-2H3,(H,18,21)(H2,17,19,20);1H. The molecule has 6 nitrogen and oxygen atoms in total. The molecule has 3 N–H and O–H groups in total. The molecule has 1 amide bonds. The number of rotatable bonds is 7. The maximum absolute atomic E-state index is 11.8. The molecule has 0 unspecified atom stereocenters. The number of aryl methyl sites for hydroxylation is 1. The van der Waals surface area contributed by atoms with Crippen LogP contribution in [0, 0.1) is 6.92 Å². The zero-order valence-corrected chi connectivity index (χ0v) is 16.9. The summed E-state index contributed by atoms with van der Waals surface area (Å²) in [6, 6.07) is 7.79. The molecule has 0 spiro atoms. The first kappa shape index (κ1) is 20.5. The molecule has 2 aromatic heterocycles. The minimum absolute atomic E-state index is 0. The fourth-order valence-corrected chi connectivity index (χ4v) is 2.73. The van der Waals surface area contributed by atoms with Gasteiger partial charge in [-0.15, -0.1) is 35.3 Å². The minimum Gasteiger partial charge on any atom is -0.467 e. The summed E-state index contributed by atoms with van der Waals surface area (Å²) in [6.45, 7) is 5.95. The van der Waals surface area contributed by atoms with Crippen molar-refractivity contribution in [1.29, 1.82) is 0 Å². The Hall–Kier alpha value is -1.55. The molecule has 0 radical (unpaired) electrons. The average molecular weight is 462 g/mol. The highest BCUT2D eigenvalue weighted by Crippen LogP contribution is 2.14. The third-order valence-corrected chi connectivity index (χ3v) is 3.99. The van der Waals surface area contributed by atoms with Gasteiger partial charge in [0, 0.05) is 16.3 Å².